The maximum absolute atomic E-state index is 12.2. The molecule has 6 heteroatoms. The summed E-state index contributed by atoms with van der Waals surface area (Å²) in [6, 6.07) is 7.25. The first-order chi connectivity index (χ1) is 12.5. The van der Waals surface area contributed by atoms with Crippen LogP contribution in [-0.4, -0.2) is 33.4 Å². The Balaban J connectivity index is 2.19. The summed E-state index contributed by atoms with van der Waals surface area (Å²) >= 11 is 0. The summed E-state index contributed by atoms with van der Waals surface area (Å²) < 4.78 is 27.3. The van der Waals surface area contributed by atoms with Gasteiger partial charge in [0.25, 0.3) is 0 Å². The van der Waals surface area contributed by atoms with Crippen LogP contribution in [0.25, 0.3) is 11.1 Å². The van der Waals surface area contributed by atoms with E-state index >= 15 is 0 Å². The summed E-state index contributed by atoms with van der Waals surface area (Å²) in [5.41, 5.74) is 3.00. The molecule has 0 radical (unpaired) electrons. The largest absolute Gasteiger partial charge is 0.493 e. The van der Waals surface area contributed by atoms with E-state index in [0.29, 0.717) is 35.2 Å². The fourth-order valence-electron chi connectivity index (χ4n) is 2.96. The quantitative estimate of drug-likeness (QED) is 0.757. The molecule has 0 fully saturated rings. The Morgan fingerprint density at radius 3 is 2.27 bits per heavy atom. The highest BCUT2D eigenvalue weighted by molar-refractivity contribution is 5.95. The third kappa shape index (κ3) is 3.14. The van der Waals surface area contributed by atoms with Crippen LogP contribution in [0.3, 0.4) is 0 Å². The molecule has 0 unspecified atom stereocenters. The lowest BCUT2D eigenvalue weighted by Gasteiger charge is -2.24. The summed E-state index contributed by atoms with van der Waals surface area (Å²) in [7, 11) is 4.52. The van der Waals surface area contributed by atoms with Gasteiger partial charge in [-0.25, -0.2) is 4.79 Å². The predicted molar refractivity (Wildman–Crippen MR) is 96.4 cm³/mol. The molecule has 0 saturated heterocycles. The van der Waals surface area contributed by atoms with E-state index in [2.05, 4.69) is 0 Å². The van der Waals surface area contributed by atoms with E-state index in [-0.39, 0.29) is 6.10 Å². The van der Waals surface area contributed by atoms with Crippen LogP contribution < -0.4 is 18.9 Å². The van der Waals surface area contributed by atoms with Gasteiger partial charge in [-0.05, 0) is 37.6 Å². The lowest BCUT2D eigenvalue weighted by Crippen LogP contribution is -2.13. The summed E-state index contributed by atoms with van der Waals surface area (Å²) in [5, 5.41) is 0. The fraction of sp³-hybridized carbons (Fsp3) is 0.350. The topological polar surface area (TPSA) is 63.2 Å². The molecule has 0 aliphatic carbocycles. The van der Waals surface area contributed by atoms with E-state index in [4.69, 9.17) is 23.7 Å². The molecule has 0 bridgehead atoms. The molecule has 26 heavy (non-hydrogen) atoms. The van der Waals surface area contributed by atoms with Crippen LogP contribution in [-0.2, 0) is 11.3 Å². The molecule has 0 atom stereocenters. The number of benzene rings is 2. The molecular weight excluding hydrogens is 336 g/mol. The Kier molecular flexibility index (Phi) is 4.93. The highest BCUT2D eigenvalue weighted by Crippen LogP contribution is 2.45. The van der Waals surface area contributed by atoms with E-state index in [1.165, 1.54) is 7.11 Å². The summed E-state index contributed by atoms with van der Waals surface area (Å²) in [5.74, 6) is 1.87. The Bertz CT molecular complexity index is 841. The fourth-order valence-corrected chi connectivity index (χ4v) is 2.96. The molecule has 6 nitrogen and oxygen atoms in total. The van der Waals surface area contributed by atoms with Gasteiger partial charge in [0.2, 0.25) is 0 Å². The van der Waals surface area contributed by atoms with Crippen molar-refractivity contribution in [2.75, 3.05) is 21.3 Å². The van der Waals surface area contributed by atoms with Crippen LogP contribution >= 0.6 is 0 Å². The lowest BCUT2D eigenvalue weighted by atomic mass is 9.94. The molecule has 0 amide bonds. The number of methoxy groups -OCH3 is 3. The number of ether oxygens (including phenoxy) is 5. The number of esters is 1. The third-order valence-corrected chi connectivity index (χ3v) is 4.13. The van der Waals surface area contributed by atoms with E-state index < -0.39 is 5.97 Å². The number of carbonyl (C=O) groups excluding carboxylic acids is 1. The standard InChI is InChI=1S/C20H22O6/c1-11(2)26-17-9-16-14(7-15(17)20(21)24-5)13-8-19(23-4)18(22-3)6-12(13)10-25-16/h6-9,11H,10H2,1-5H3. The van der Waals surface area contributed by atoms with Crippen LogP contribution in [0.2, 0.25) is 0 Å². The second kappa shape index (κ2) is 7.15. The average Bonchev–Trinajstić information content (AvgIpc) is 2.64. The van der Waals surface area contributed by atoms with Gasteiger partial charge in [-0.3, -0.25) is 0 Å². The van der Waals surface area contributed by atoms with Crippen molar-refractivity contribution in [2.24, 2.45) is 0 Å². The maximum Gasteiger partial charge on any atom is 0.341 e. The van der Waals surface area contributed by atoms with Gasteiger partial charge >= 0.3 is 5.97 Å². The van der Waals surface area contributed by atoms with Crippen molar-refractivity contribution in [2.45, 2.75) is 26.6 Å². The molecular formula is C20H22O6. The second-order valence-electron chi connectivity index (χ2n) is 6.16. The smallest absolute Gasteiger partial charge is 0.341 e. The predicted octanol–water partition coefficient (Wildman–Crippen LogP) is 3.84. The number of carbonyl (C=O) groups is 1. The highest BCUT2D eigenvalue weighted by Gasteiger charge is 2.25. The van der Waals surface area contributed by atoms with E-state index in [9.17, 15) is 4.79 Å². The molecule has 0 spiro atoms. The van der Waals surface area contributed by atoms with Crippen molar-refractivity contribution in [1.82, 2.24) is 0 Å². The highest BCUT2D eigenvalue weighted by atomic mass is 16.5. The van der Waals surface area contributed by atoms with E-state index in [0.717, 1.165) is 16.7 Å². The first kappa shape index (κ1) is 17.9. The van der Waals surface area contributed by atoms with E-state index in [1.54, 1.807) is 26.4 Å². The number of hydrogen-bond acceptors (Lipinski definition) is 6. The molecule has 3 rings (SSSR count). The Labute approximate surface area is 152 Å². The summed E-state index contributed by atoms with van der Waals surface area (Å²) in [6.07, 6.45) is -0.0864. The van der Waals surface area contributed by atoms with Gasteiger partial charge in [0.15, 0.2) is 11.5 Å². The van der Waals surface area contributed by atoms with Crippen LogP contribution in [0.5, 0.6) is 23.0 Å². The van der Waals surface area contributed by atoms with Crippen molar-refractivity contribution >= 4 is 5.97 Å². The average molecular weight is 358 g/mol. The van der Waals surface area contributed by atoms with Gasteiger partial charge in [-0.2, -0.15) is 0 Å². The number of fused-ring (bicyclic) bond motifs is 3. The van der Waals surface area contributed by atoms with Gasteiger partial charge in [-0.1, -0.05) is 0 Å². The van der Waals surface area contributed by atoms with Crippen LogP contribution in [0.15, 0.2) is 24.3 Å². The van der Waals surface area contributed by atoms with Crippen molar-refractivity contribution in [3.05, 3.63) is 35.4 Å². The minimum atomic E-state index is -0.462. The lowest BCUT2D eigenvalue weighted by molar-refractivity contribution is 0.0594. The first-order valence-electron chi connectivity index (χ1n) is 8.29. The molecule has 2 aromatic carbocycles. The van der Waals surface area contributed by atoms with Crippen LogP contribution in [0.1, 0.15) is 29.8 Å². The van der Waals surface area contributed by atoms with Gasteiger partial charge in [0, 0.05) is 17.2 Å². The van der Waals surface area contributed by atoms with Crippen molar-refractivity contribution in [1.29, 1.82) is 0 Å². The summed E-state index contributed by atoms with van der Waals surface area (Å²) in [6.45, 7) is 4.18. The number of rotatable bonds is 5. The number of hydrogen-bond donors (Lipinski definition) is 0. The minimum absolute atomic E-state index is 0.0864. The first-order valence-corrected chi connectivity index (χ1v) is 8.29. The SMILES string of the molecule is COC(=O)c1cc2c(cc1OC(C)C)OCc1cc(OC)c(OC)cc1-2. The summed E-state index contributed by atoms with van der Waals surface area (Å²) in [4.78, 5) is 12.2. The van der Waals surface area contributed by atoms with Gasteiger partial charge in [0.1, 0.15) is 23.7 Å². The molecule has 1 heterocycles. The van der Waals surface area contributed by atoms with E-state index in [1.807, 2.05) is 26.0 Å². The zero-order valence-electron chi connectivity index (χ0n) is 15.5. The second-order valence-corrected chi connectivity index (χ2v) is 6.16. The Hall–Kier alpha value is -2.89. The Morgan fingerprint density at radius 2 is 1.65 bits per heavy atom. The van der Waals surface area contributed by atoms with Gasteiger partial charge < -0.3 is 23.7 Å². The molecule has 0 N–H and O–H groups in total. The molecule has 1 aliphatic heterocycles. The zero-order valence-corrected chi connectivity index (χ0v) is 15.5. The zero-order chi connectivity index (χ0) is 18.8. The third-order valence-electron chi connectivity index (χ3n) is 4.13. The van der Waals surface area contributed by atoms with Gasteiger partial charge in [-0.15, -0.1) is 0 Å². The van der Waals surface area contributed by atoms with Crippen LogP contribution in [0, 0.1) is 0 Å². The maximum atomic E-state index is 12.2. The molecule has 1 aliphatic rings. The van der Waals surface area contributed by atoms with Gasteiger partial charge in [0.05, 0.1) is 27.4 Å². The van der Waals surface area contributed by atoms with Crippen LogP contribution in [0.4, 0.5) is 0 Å². The van der Waals surface area contributed by atoms with Crippen molar-refractivity contribution in [3.8, 4) is 34.1 Å². The normalized spacial score (nSPS) is 11.9. The molecule has 138 valence electrons. The van der Waals surface area contributed by atoms with Crippen molar-refractivity contribution in [3.63, 3.8) is 0 Å². The molecule has 0 aromatic heterocycles. The minimum Gasteiger partial charge on any atom is -0.493 e. The monoisotopic (exact) mass is 358 g/mol. The Morgan fingerprint density at radius 1 is 0.962 bits per heavy atom. The molecule has 0 saturated carbocycles. The molecule has 2 aromatic rings. The van der Waals surface area contributed by atoms with Crippen molar-refractivity contribution < 1.29 is 28.5 Å².